The van der Waals surface area contributed by atoms with E-state index in [0.717, 1.165) is 24.2 Å². The maximum atomic E-state index is 4.58. The summed E-state index contributed by atoms with van der Waals surface area (Å²) in [7, 11) is 0. The smallest absolute Gasteiger partial charge is 0.147 e. The minimum atomic E-state index is 0.774. The van der Waals surface area contributed by atoms with E-state index < -0.39 is 0 Å². The molecule has 0 fully saturated rings. The first-order valence-electron chi connectivity index (χ1n) is 3.56. The normalized spacial score (nSPS) is 10.3. The second kappa shape index (κ2) is 3.12. The summed E-state index contributed by atoms with van der Waals surface area (Å²) in [6.07, 6.45) is 4.79. The highest BCUT2D eigenvalue weighted by Gasteiger charge is 2.00. The molecule has 0 spiro atoms. The van der Waals surface area contributed by atoms with Crippen molar-refractivity contribution in [2.75, 3.05) is 0 Å². The average molecular weight is 165 g/mol. The van der Waals surface area contributed by atoms with E-state index in [4.69, 9.17) is 0 Å². The maximum Gasteiger partial charge on any atom is 0.147 e. The Labute approximate surface area is 68.0 Å². The number of aromatic amines is 1. The van der Waals surface area contributed by atoms with Gasteiger partial charge in [0, 0.05) is 11.7 Å². The summed E-state index contributed by atoms with van der Waals surface area (Å²) in [6, 6.07) is 0. The number of H-pyrrole nitrogens is 1. The Bertz CT molecular complexity index is 279. The molecular weight excluding hydrogens is 158 g/mol. The van der Waals surface area contributed by atoms with Crippen molar-refractivity contribution in [1.82, 2.24) is 25.8 Å². The summed E-state index contributed by atoms with van der Waals surface area (Å²) in [6.45, 7) is 0. The van der Waals surface area contributed by atoms with Gasteiger partial charge >= 0.3 is 0 Å². The zero-order chi connectivity index (χ0) is 8.23. The number of hydrogen-bond donors (Lipinski definition) is 1. The van der Waals surface area contributed by atoms with Gasteiger partial charge in [0.05, 0.1) is 11.9 Å². The second-order valence-electron chi connectivity index (χ2n) is 2.36. The molecule has 2 heterocycles. The van der Waals surface area contributed by atoms with Crippen LogP contribution in [-0.4, -0.2) is 25.8 Å². The summed E-state index contributed by atoms with van der Waals surface area (Å²) >= 11 is 0. The monoisotopic (exact) mass is 165 g/mol. The molecule has 2 rings (SSSR count). The van der Waals surface area contributed by atoms with Gasteiger partial charge in [0.1, 0.15) is 12.0 Å². The lowest BCUT2D eigenvalue weighted by Gasteiger charge is -1.88. The molecule has 62 valence electrons. The van der Waals surface area contributed by atoms with Crippen LogP contribution in [0.3, 0.4) is 0 Å². The molecule has 2 aromatic heterocycles. The van der Waals surface area contributed by atoms with Crippen molar-refractivity contribution < 1.29 is 4.52 Å². The molecule has 0 bridgehead atoms. The molecule has 0 amide bonds. The van der Waals surface area contributed by atoms with Crippen molar-refractivity contribution in [1.29, 1.82) is 0 Å². The zero-order valence-corrected chi connectivity index (χ0v) is 6.27. The van der Waals surface area contributed by atoms with Gasteiger partial charge in [-0.3, -0.25) is 0 Å². The summed E-state index contributed by atoms with van der Waals surface area (Å²) in [5.41, 5.74) is 1.75. The van der Waals surface area contributed by atoms with E-state index in [0.29, 0.717) is 0 Å². The molecule has 0 aliphatic rings. The van der Waals surface area contributed by atoms with Crippen LogP contribution < -0.4 is 0 Å². The number of aryl methyl sites for hydroxylation is 2. The Balaban J connectivity index is 1.91. The molecule has 2 aromatic rings. The molecule has 0 saturated heterocycles. The van der Waals surface area contributed by atoms with Crippen molar-refractivity contribution in [3.8, 4) is 0 Å². The molecule has 0 radical (unpaired) electrons. The highest BCUT2D eigenvalue weighted by atomic mass is 16.5. The molecule has 1 N–H and O–H groups in total. The van der Waals surface area contributed by atoms with Crippen LogP contribution >= 0.6 is 0 Å². The van der Waals surface area contributed by atoms with Gasteiger partial charge in [0.25, 0.3) is 0 Å². The van der Waals surface area contributed by atoms with Crippen molar-refractivity contribution >= 4 is 0 Å². The Hall–Kier alpha value is -1.72. The van der Waals surface area contributed by atoms with E-state index in [1.165, 1.54) is 6.26 Å². The van der Waals surface area contributed by atoms with Crippen LogP contribution in [0.4, 0.5) is 0 Å². The predicted molar refractivity (Wildman–Crippen MR) is 38.1 cm³/mol. The third-order valence-electron chi connectivity index (χ3n) is 1.51. The van der Waals surface area contributed by atoms with E-state index in [2.05, 4.69) is 30.3 Å². The predicted octanol–water partition coefficient (Wildman–Crippen LogP) is -0.0271. The molecule has 0 unspecified atom stereocenters. The summed E-state index contributed by atoms with van der Waals surface area (Å²) in [5.74, 6) is 0. The van der Waals surface area contributed by atoms with Crippen LogP contribution in [0.1, 0.15) is 11.4 Å². The second-order valence-corrected chi connectivity index (χ2v) is 2.36. The SMILES string of the molecule is c1onnc1CCc1cn[nH]n1. The van der Waals surface area contributed by atoms with Gasteiger partial charge in [-0.25, -0.2) is 0 Å². The molecular formula is C6H7N5O. The fourth-order valence-electron chi connectivity index (χ4n) is 0.895. The zero-order valence-electron chi connectivity index (χ0n) is 6.27. The molecule has 0 aliphatic heterocycles. The van der Waals surface area contributed by atoms with Gasteiger partial charge in [-0.1, -0.05) is 0 Å². The van der Waals surface area contributed by atoms with Crippen LogP contribution in [0.15, 0.2) is 17.0 Å². The lowest BCUT2D eigenvalue weighted by molar-refractivity contribution is 0.392. The standard InChI is InChI=1S/C6H7N5O/c1(5-3-7-10-8-5)2-6-4-12-11-9-6/h3-4H,1-2H2,(H,7,8,10). The highest BCUT2D eigenvalue weighted by molar-refractivity contribution is 4.97. The first-order chi connectivity index (χ1) is 5.95. The molecule has 6 heteroatoms. The lowest BCUT2D eigenvalue weighted by Crippen LogP contribution is -1.91. The Kier molecular flexibility index (Phi) is 1.81. The van der Waals surface area contributed by atoms with E-state index in [-0.39, 0.29) is 0 Å². The Morgan fingerprint density at radius 1 is 1.33 bits per heavy atom. The van der Waals surface area contributed by atoms with Crippen LogP contribution in [0, 0.1) is 0 Å². The summed E-state index contributed by atoms with van der Waals surface area (Å²) < 4.78 is 4.58. The van der Waals surface area contributed by atoms with E-state index in [1.807, 2.05) is 0 Å². The van der Waals surface area contributed by atoms with Gasteiger partial charge in [-0.2, -0.15) is 15.4 Å². The minimum Gasteiger partial charge on any atom is -0.345 e. The van der Waals surface area contributed by atoms with Crippen molar-refractivity contribution in [3.63, 3.8) is 0 Å². The number of nitrogens with one attached hydrogen (secondary N) is 1. The number of nitrogens with zero attached hydrogens (tertiary/aromatic N) is 4. The van der Waals surface area contributed by atoms with E-state index in [9.17, 15) is 0 Å². The fourth-order valence-corrected chi connectivity index (χ4v) is 0.895. The van der Waals surface area contributed by atoms with Gasteiger partial charge in [-0.05, 0) is 6.42 Å². The van der Waals surface area contributed by atoms with Crippen LogP contribution in [0.25, 0.3) is 0 Å². The highest BCUT2D eigenvalue weighted by Crippen LogP contribution is 1.99. The van der Waals surface area contributed by atoms with Crippen LogP contribution in [-0.2, 0) is 12.8 Å². The van der Waals surface area contributed by atoms with Gasteiger partial charge < -0.3 is 4.52 Å². The van der Waals surface area contributed by atoms with Gasteiger partial charge in [0.2, 0.25) is 0 Å². The maximum absolute atomic E-state index is 4.58. The van der Waals surface area contributed by atoms with E-state index >= 15 is 0 Å². The minimum absolute atomic E-state index is 0.774. The first-order valence-corrected chi connectivity index (χ1v) is 3.56. The van der Waals surface area contributed by atoms with Crippen LogP contribution in [0.2, 0.25) is 0 Å². The third-order valence-corrected chi connectivity index (χ3v) is 1.51. The molecule has 12 heavy (non-hydrogen) atoms. The summed E-state index contributed by atoms with van der Waals surface area (Å²) in [5, 5.41) is 17.2. The quantitative estimate of drug-likeness (QED) is 0.690. The molecule has 6 nitrogen and oxygen atoms in total. The largest absolute Gasteiger partial charge is 0.345 e. The Morgan fingerprint density at radius 3 is 2.92 bits per heavy atom. The third kappa shape index (κ3) is 1.47. The van der Waals surface area contributed by atoms with Crippen molar-refractivity contribution in [3.05, 3.63) is 23.8 Å². The fraction of sp³-hybridized carbons (Fsp3) is 0.333. The molecule has 0 aromatic carbocycles. The van der Waals surface area contributed by atoms with Crippen molar-refractivity contribution in [2.24, 2.45) is 0 Å². The van der Waals surface area contributed by atoms with Crippen LogP contribution in [0.5, 0.6) is 0 Å². The number of aromatic nitrogens is 5. The lowest BCUT2D eigenvalue weighted by atomic mass is 10.2. The van der Waals surface area contributed by atoms with E-state index in [1.54, 1.807) is 6.20 Å². The molecule has 0 atom stereocenters. The molecule has 0 saturated carbocycles. The first kappa shape index (κ1) is 6.96. The Morgan fingerprint density at radius 2 is 2.25 bits per heavy atom. The summed E-state index contributed by atoms with van der Waals surface area (Å²) in [4.78, 5) is 0. The van der Waals surface area contributed by atoms with Crippen molar-refractivity contribution in [2.45, 2.75) is 12.8 Å². The average Bonchev–Trinajstić information content (AvgIpc) is 2.74. The number of hydrogen-bond acceptors (Lipinski definition) is 5. The van der Waals surface area contributed by atoms with Gasteiger partial charge in [-0.15, -0.1) is 5.10 Å². The molecule has 0 aliphatic carbocycles. The van der Waals surface area contributed by atoms with Gasteiger partial charge in [0.15, 0.2) is 0 Å². The number of rotatable bonds is 3. The topological polar surface area (TPSA) is 80.5 Å².